The van der Waals surface area contributed by atoms with E-state index < -0.39 is 0 Å². The zero-order valence-corrected chi connectivity index (χ0v) is 10.4. The molecule has 1 radical (unpaired) electrons. The van der Waals surface area contributed by atoms with Crippen molar-refractivity contribution in [3.05, 3.63) is 48.0 Å². The van der Waals surface area contributed by atoms with Gasteiger partial charge in [0.2, 0.25) is 0 Å². The molecule has 0 unspecified atom stereocenters. The molecule has 0 amide bonds. The van der Waals surface area contributed by atoms with Crippen LogP contribution in [0, 0.1) is 6.07 Å². The summed E-state index contributed by atoms with van der Waals surface area (Å²) >= 11 is 0. The smallest absolute Gasteiger partial charge is 0.0149 e. The van der Waals surface area contributed by atoms with E-state index in [9.17, 15) is 0 Å². The predicted octanol–water partition coefficient (Wildman–Crippen LogP) is 4.95. The van der Waals surface area contributed by atoms with Gasteiger partial charge in [-0.05, 0) is 43.7 Å². The second-order valence-electron chi connectivity index (χ2n) is 4.25. The summed E-state index contributed by atoms with van der Waals surface area (Å²) in [6.07, 6.45) is 13.6. The minimum Gasteiger partial charge on any atom is -0.0885 e. The molecule has 0 aliphatic heterocycles. The van der Waals surface area contributed by atoms with Crippen molar-refractivity contribution in [2.75, 3.05) is 0 Å². The Kier molecular flexibility index (Phi) is 7.49. The molecule has 1 aromatic carbocycles. The molecule has 87 valence electrons. The molecule has 1 aromatic rings. The largest absolute Gasteiger partial charge is 0.0885 e. The molecule has 0 fully saturated rings. The summed E-state index contributed by atoms with van der Waals surface area (Å²) < 4.78 is 0. The Bertz CT molecular complexity index is 271. The van der Waals surface area contributed by atoms with E-state index in [1.54, 1.807) is 0 Å². The van der Waals surface area contributed by atoms with Crippen molar-refractivity contribution in [1.82, 2.24) is 0 Å². The van der Waals surface area contributed by atoms with Gasteiger partial charge in [0.25, 0.3) is 0 Å². The van der Waals surface area contributed by atoms with Crippen LogP contribution in [0.5, 0.6) is 0 Å². The Balaban J connectivity index is 1.99. The van der Waals surface area contributed by atoms with Gasteiger partial charge in [0.15, 0.2) is 0 Å². The second kappa shape index (κ2) is 9.21. The zero-order valence-electron chi connectivity index (χ0n) is 10.4. The van der Waals surface area contributed by atoms with Gasteiger partial charge in [-0.3, -0.25) is 0 Å². The molecule has 0 aliphatic rings. The van der Waals surface area contributed by atoms with E-state index in [1.165, 1.54) is 44.1 Å². The topological polar surface area (TPSA) is 0 Å². The maximum absolute atomic E-state index is 3.26. The molecule has 0 nitrogen and oxygen atoms in total. The summed E-state index contributed by atoms with van der Waals surface area (Å²) in [5.74, 6) is 0. The summed E-state index contributed by atoms with van der Waals surface area (Å²) in [6.45, 7) is 2.25. The molecule has 1 rings (SSSR count). The monoisotopic (exact) mass is 215 g/mol. The van der Waals surface area contributed by atoms with Crippen LogP contribution in [0.1, 0.15) is 51.0 Å². The second-order valence-corrected chi connectivity index (χ2v) is 4.25. The molecule has 16 heavy (non-hydrogen) atoms. The molecule has 0 aliphatic carbocycles. The number of rotatable bonds is 8. The van der Waals surface area contributed by atoms with Crippen molar-refractivity contribution in [2.24, 2.45) is 0 Å². The van der Waals surface area contributed by atoms with Gasteiger partial charge in [0.1, 0.15) is 0 Å². The lowest BCUT2D eigenvalue weighted by Gasteiger charge is -1.97. The van der Waals surface area contributed by atoms with Crippen LogP contribution < -0.4 is 0 Å². The predicted molar refractivity (Wildman–Crippen MR) is 71.5 cm³/mol. The van der Waals surface area contributed by atoms with Gasteiger partial charge >= 0.3 is 0 Å². The van der Waals surface area contributed by atoms with Gasteiger partial charge < -0.3 is 0 Å². The van der Waals surface area contributed by atoms with Crippen LogP contribution in [0.25, 0.3) is 0 Å². The quantitative estimate of drug-likeness (QED) is 0.425. The molecular weight excluding hydrogens is 192 g/mol. The minimum absolute atomic E-state index is 1.15. The standard InChI is InChI=1S/C16H23/c1-2-3-4-5-6-7-8-10-13-16-14-11-9-12-15-16/h6-7,9,11-12,14H,2-5,8,10,13H2,1H3. The SMILES string of the molecule is CCCCCC=CCCCc1[c]cccc1. The average Bonchev–Trinajstić information content (AvgIpc) is 2.34. The Morgan fingerprint density at radius 3 is 2.56 bits per heavy atom. The normalized spacial score (nSPS) is 11.1. The van der Waals surface area contributed by atoms with Gasteiger partial charge in [-0.15, -0.1) is 0 Å². The summed E-state index contributed by atoms with van der Waals surface area (Å²) in [6, 6.07) is 11.5. The van der Waals surface area contributed by atoms with Crippen LogP contribution in [-0.4, -0.2) is 0 Å². The molecule has 0 saturated carbocycles. The van der Waals surface area contributed by atoms with Crippen LogP contribution in [-0.2, 0) is 6.42 Å². The van der Waals surface area contributed by atoms with Gasteiger partial charge in [0, 0.05) is 0 Å². The van der Waals surface area contributed by atoms with Crippen LogP contribution in [0.4, 0.5) is 0 Å². The number of hydrogen-bond donors (Lipinski definition) is 0. The summed E-state index contributed by atoms with van der Waals surface area (Å²) in [5, 5.41) is 0. The van der Waals surface area contributed by atoms with E-state index in [4.69, 9.17) is 0 Å². The maximum atomic E-state index is 3.26. The highest BCUT2D eigenvalue weighted by Gasteiger charge is 1.90. The molecule has 0 heteroatoms. The number of unbranched alkanes of at least 4 members (excludes halogenated alkanes) is 4. The van der Waals surface area contributed by atoms with Crippen molar-refractivity contribution in [3.8, 4) is 0 Å². The van der Waals surface area contributed by atoms with E-state index >= 15 is 0 Å². The lowest BCUT2D eigenvalue weighted by Crippen LogP contribution is -1.83. The van der Waals surface area contributed by atoms with Crippen molar-refractivity contribution in [3.63, 3.8) is 0 Å². The highest BCUT2D eigenvalue weighted by Crippen LogP contribution is 2.05. The van der Waals surface area contributed by atoms with Crippen LogP contribution in [0.3, 0.4) is 0 Å². The van der Waals surface area contributed by atoms with Gasteiger partial charge in [-0.2, -0.15) is 0 Å². The first-order chi connectivity index (χ1) is 7.93. The van der Waals surface area contributed by atoms with E-state index in [0.717, 1.165) is 6.42 Å². The molecule has 0 spiro atoms. The highest BCUT2D eigenvalue weighted by atomic mass is 14.0. The molecule has 0 atom stereocenters. The Hall–Kier alpha value is -1.04. The van der Waals surface area contributed by atoms with Gasteiger partial charge in [0.05, 0.1) is 0 Å². The molecule has 0 N–H and O–H groups in total. The number of aryl methyl sites for hydroxylation is 1. The summed E-state index contributed by atoms with van der Waals surface area (Å²) in [5.41, 5.74) is 1.34. The third-order valence-electron chi connectivity index (χ3n) is 2.73. The fraction of sp³-hybridized carbons (Fsp3) is 0.500. The van der Waals surface area contributed by atoms with Gasteiger partial charge in [-0.1, -0.05) is 56.2 Å². The first kappa shape index (κ1) is 13.0. The average molecular weight is 215 g/mol. The summed E-state index contributed by atoms with van der Waals surface area (Å²) in [4.78, 5) is 0. The van der Waals surface area contributed by atoms with Crippen molar-refractivity contribution >= 4 is 0 Å². The Labute approximate surface area is 100 Å². The Morgan fingerprint density at radius 2 is 1.88 bits per heavy atom. The van der Waals surface area contributed by atoms with Crippen molar-refractivity contribution in [1.29, 1.82) is 0 Å². The van der Waals surface area contributed by atoms with Crippen LogP contribution >= 0.6 is 0 Å². The molecule has 0 aromatic heterocycles. The van der Waals surface area contributed by atoms with E-state index in [-0.39, 0.29) is 0 Å². The molecule has 0 heterocycles. The fourth-order valence-electron chi connectivity index (χ4n) is 1.74. The molecule has 0 bridgehead atoms. The zero-order chi connectivity index (χ0) is 11.5. The van der Waals surface area contributed by atoms with E-state index in [0.29, 0.717) is 0 Å². The number of benzene rings is 1. The van der Waals surface area contributed by atoms with Crippen molar-refractivity contribution in [2.45, 2.75) is 51.9 Å². The first-order valence-electron chi connectivity index (χ1n) is 6.54. The number of hydrogen-bond acceptors (Lipinski definition) is 0. The van der Waals surface area contributed by atoms with E-state index in [1.807, 2.05) is 12.1 Å². The molecular formula is C16H23. The number of allylic oxidation sites excluding steroid dienone is 2. The maximum Gasteiger partial charge on any atom is -0.0149 e. The Morgan fingerprint density at radius 1 is 1.06 bits per heavy atom. The highest BCUT2D eigenvalue weighted by molar-refractivity contribution is 5.12. The van der Waals surface area contributed by atoms with Crippen LogP contribution in [0.15, 0.2) is 36.4 Å². The third kappa shape index (κ3) is 6.44. The minimum atomic E-state index is 1.15. The molecule has 0 saturated heterocycles. The fourth-order valence-corrected chi connectivity index (χ4v) is 1.74. The lowest BCUT2D eigenvalue weighted by atomic mass is 10.1. The third-order valence-corrected chi connectivity index (χ3v) is 2.73. The first-order valence-corrected chi connectivity index (χ1v) is 6.54. The lowest BCUT2D eigenvalue weighted by molar-refractivity contribution is 0.726. The van der Waals surface area contributed by atoms with Gasteiger partial charge in [-0.25, -0.2) is 0 Å². The summed E-state index contributed by atoms with van der Waals surface area (Å²) in [7, 11) is 0. The van der Waals surface area contributed by atoms with E-state index in [2.05, 4.69) is 37.3 Å². The van der Waals surface area contributed by atoms with Crippen LogP contribution in [0.2, 0.25) is 0 Å². The van der Waals surface area contributed by atoms with Crippen molar-refractivity contribution < 1.29 is 0 Å².